The average Bonchev–Trinajstić information content (AvgIpc) is 2.18. The smallest absolute Gasteiger partial charge is 0.166 e. The summed E-state index contributed by atoms with van der Waals surface area (Å²) in [4.78, 5) is 0. The van der Waals surface area contributed by atoms with Crippen molar-refractivity contribution in [3.8, 4) is 0 Å². The molecule has 0 radical (unpaired) electrons. The fourth-order valence-electron chi connectivity index (χ4n) is 0.992. The molecule has 0 N–H and O–H groups in total. The largest absolute Gasteiger partial charge is 0.416 e. The minimum absolute atomic E-state index is 0.646. The van der Waals surface area contributed by atoms with Gasteiger partial charge in [0.15, 0.2) is 0 Å². The first-order valence-electron chi connectivity index (χ1n) is 4.15. The first-order chi connectivity index (χ1) is 7.04. The molecule has 0 aliphatic heterocycles. The minimum Gasteiger partial charge on any atom is -0.166 e. The number of benzene rings is 1. The molecule has 4 heteroatoms. The second kappa shape index (κ2) is 5.03. The van der Waals surface area contributed by atoms with E-state index < -0.39 is 11.7 Å². The van der Waals surface area contributed by atoms with E-state index in [9.17, 15) is 13.2 Å². The second-order valence-corrected chi connectivity index (χ2v) is 3.05. The van der Waals surface area contributed by atoms with Crippen molar-refractivity contribution in [3.05, 3.63) is 53.1 Å². The van der Waals surface area contributed by atoms with Crippen LogP contribution in [0, 0.1) is 0 Å². The van der Waals surface area contributed by atoms with Crippen molar-refractivity contribution in [2.45, 2.75) is 6.18 Å². The van der Waals surface area contributed by atoms with Crippen molar-refractivity contribution in [2.75, 3.05) is 0 Å². The minimum atomic E-state index is -4.28. The zero-order valence-electron chi connectivity index (χ0n) is 7.63. The van der Waals surface area contributed by atoms with Crippen molar-refractivity contribution in [1.82, 2.24) is 0 Å². The fourth-order valence-corrected chi connectivity index (χ4v) is 1.08. The summed E-state index contributed by atoms with van der Waals surface area (Å²) in [6.07, 6.45) is 0.617. The molecule has 1 aromatic rings. The third-order valence-corrected chi connectivity index (χ3v) is 1.86. The van der Waals surface area contributed by atoms with Crippen LogP contribution in [0.3, 0.4) is 0 Å². The number of alkyl halides is 3. The lowest BCUT2D eigenvalue weighted by atomic mass is 10.1. The molecule has 0 fully saturated rings. The Balaban J connectivity index is 2.81. The third-order valence-electron chi connectivity index (χ3n) is 1.71. The number of hydrogen-bond donors (Lipinski definition) is 0. The summed E-state index contributed by atoms with van der Waals surface area (Å²) in [5, 5.41) is 0. The molecule has 15 heavy (non-hydrogen) atoms. The summed E-state index contributed by atoms with van der Waals surface area (Å²) in [6.45, 7) is 0. The van der Waals surface area contributed by atoms with E-state index in [-0.39, 0.29) is 0 Å². The van der Waals surface area contributed by atoms with E-state index in [0.29, 0.717) is 5.56 Å². The highest BCUT2D eigenvalue weighted by Gasteiger charge is 2.29. The summed E-state index contributed by atoms with van der Waals surface area (Å²) in [5.74, 6) is 0. The van der Waals surface area contributed by atoms with Gasteiger partial charge in [0.05, 0.1) is 5.56 Å². The first-order valence-corrected chi connectivity index (χ1v) is 4.58. The van der Waals surface area contributed by atoms with E-state index in [1.165, 1.54) is 17.7 Å². The van der Waals surface area contributed by atoms with Gasteiger partial charge in [-0.1, -0.05) is 42.0 Å². The summed E-state index contributed by atoms with van der Waals surface area (Å²) in [6, 6.07) is 4.90. The van der Waals surface area contributed by atoms with Gasteiger partial charge in [-0.2, -0.15) is 13.2 Å². The summed E-state index contributed by atoms with van der Waals surface area (Å²) >= 11 is 5.27. The Morgan fingerprint density at radius 1 is 1.00 bits per heavy atom. The molecule has 0 aromatic heterocycles. The van der Waals surface area contributed by atoms with Crippen LogP contribution in [-0.2, 0) is 6.18 Å². The van der Waals surface area contributed by atoms with E-state index in [1.807, 2.05) is 0 Å². The van der Waals surface area contributed by atoms with Crippen LogP contribution in [0.1, 0.15) is 11.1 Å². The molecule has 1 rings (SSSR count). The van der Waals surface area contributed by atoms with E-state index in [1.54, 1.807) is 18.2 Å². The van der Waals surface area contributed by atoms with E-state index in [2.05, 4.69) is 0 Å². The Kier molecular flexibility index (Phi) is 3.97. The fraction of sp³-hybridized carbons (Fsp3) is 0.0909. The van der Waals surface area contributed by atoms with E-state index >= 15 is 0 Å². The molecule has 0 amide bonds. The first kappa shape index (κ1) is 11.9. The molecule has 0 atom stereocenters. The number of rotatable bonds is 2. The second-order valence-electron chi connectivity index (χ2n) is 2.80. The SMILES string of the molecule is FC(F)(F)c1ccc(/C=C/C=C/Cl)cc1. The van der Waals surface area contributed by atoms with Crippen molar-refractivity contribution >= 4 is 17.7 Å². The van der Waals surface area contributed by atoms with Crippen LogP contribution in [0.4, 0.5) is 13.2 Å². The summed E-state index contributed by atoms with van der Waals surface area (Å²) in [7, 11) is 0. The van der Waals surface area contributed by atoms with Crippen molar-refractivity contribution in [3.63, 3.8) is 0 Å². The molecule has 0 aliphatic carbocycles. The van der Waals surface area contributed by atoms with Gasteiger partial charge in [-0.25, -0.2) is 0 Å². The molecule has 0 saturated carbocycles. The molecular formula is C11H8ClF3. The van der Waals surface area contributed by atoms with Crippen LogP contribution in [0.2, 0.25) is 0 Å². The standard InChI is InChI=1S/C11H8ClF3/c12-8-2-1-3-9-4-6-10(7-5-9)11(13,14)15/h1-8H/b3-1+,8-2+. The van der Waals surface area contributed by atoms with E-state index in [0.717, 1.165) is 12.1 Å². The highest BCUT2D eigenvalue weighted by atomic mass is 35.5. The van der Waals surface area contributed by atoms with Gasteiger partial charge in [-0.05, 0) is 17.7 Å². The van der Waals surface area contributed by atoms with Gasteiger partial charge < -0.3 is 0 Å². The average molecular weight is 233 g/mol. The van der Waals surface area contributed by atoms with Crippen molar-refractivity contribution in [1.29, 1.82) is 0 Å². The van der Waals surface area contributed by atoms with Gasteiger partial charge in [0, 0.05) is 5.54 Å². The van der Waals surface area contributed by atoms with Crippen LogP contribution in [0.25, 0.3) is 6.08 Å². The van der Waals surface area contributed by atoms with Crippen molar-refractivity contribution in [2.24, 2.45) is 0 Å². The summed E-state index contributed by atoms with van der Waals surface area (Å²) < 4.78 is 36.5. The maximum atomic E-state index is 12.2. The molecule has 1 aromatic carbocycles. The normalized spacial score (nSPS) is 12.8. The molecule has 0 saturated heterocycles. The van der Waals surface area contributed by atoms with Crippen molar-refractivity contribution < 1.29 is 13.2 Å². The number of halogens is 4. The predicted octanol–water partition coefficient (Wildman–Crippen LogP) is 4.47. The van der Waals surface area contributed by atoms with Gasteiger partial charge in [0.1, 0.15) is 0 Å². The number of hydrogen-bond acceptors (Lipinski definition) is 0. The van der Waals surface area contributed by atoms with Crippen LogP contribution >= 0.6 is 11.6 Å². The van der Waals surface area contributed by atoms with Gasteiger partial charge in [0.25, 0.3) is 0 Å². The predicted molar refractivity (Wildman–Crippen MR) is 55.5 cm³/mol. The zero-order valence-corrected chi connectivity index (χ0v) is 8.39. The monoisotopic (exact) mass is 232 g/mol. The third kappa shape index (κ3) is 3.80. The molecule has 0 unspecified atom stereocenters. The molecule has 0 aliphatic rings. The van der Waals surface area contributed by atoms with Gasteiger partial charge in [-0.3, -0.25) is 0 Å². The molecule has 0 bridgehead atoms. The Labute approximate surface area is 90.7 Å². The van der Waals surface area contributed by atoms with Crippen LogP contribution in [-0.4, -0.2) is 0 Å². The maximum absolute atomic E-state index is 12.2. The molecule has 0 heterocycles. The molecular weight excluding hydrogens is 225 g/mol. The van der Waals surface area contributed by atoms with E-state index in [4.69, 9.17) is 11.6 Å². The van der Waals surface area contributed by atoms with Gasteiger partial charge in [-0.15, -0.1) is 0 Å². The van der Waals surface area contributed by atoms with Crippen LogP contribution < -0.4 is 0 Å². The Bertz CT molecular complexity index is 360. The zero-order chi connectivity index (χ0) is 11.3. The molecule has 0 nitrogen and oxygen atoms in total. The maximum Gasteiger partial charge on any atom is 0.416 e. The number of allylic oxidation sites excluding steroid dienone is 2. The topological polar surface area (TPSA) is 0 Å². The lowest BCUT2D eigenvalue weighted by Gasteiger charge is -2.05. The van der Waals surface area contributed by atoms with Gasteiger partial charge >= 0.3 is 6.18 Å². The highest BCUT2D eigenvalue weighted by molar-refractivity contribution is 6.25. The lowest BCUT2D eigenvalue weighted by Crippen LogP contribution is -2.03. The van der Waals surface area contributed by atoms with Crippen LogP contribution in [0.5, 0.6) is 0 Å². The Morgan fingerprint density at radius 3 is 2.07 bits per heavy atom. The molecule has 0 spiro atoms. The Hall–Kier alpha value is -1.22. The molecule has 80 valence electrons. The highest BCUT2D eigenvalue weighted by Crippen LogP contribution is 2.29. The Morgan fingerprint density at radius 2 is 1.60 bits per heavy atom. The lowest BCUT2D eigenvalue weighted by molar-refractivity contribution is -0.137. The van der Waals surface area contributed by atoms with Crippen LogP contribution in [0.15, 0.2) is 42.0 Å². The summed E-state index contributed by atoms with van der Waals surface area (Å²) in [5.41, 5.74) is 1.37. The van der Waals surface area contributed by atoms with Gasteiger partial charge in [0.2, 0.25) is 0 Å². The quantitative estimate of drug-likeness (QED) is 0.660.